The summed E-state index contributed by atoms with van der Waals surface area (Å²) in [5.41, 5.74) is 7.29. The number of benzene rings is 2. The van der Waals surface area contributed by atoms with Gasteiger partial charge in [0.2, 0.25) is 5.13 Å². The van der Waals surface area contributed by atoms with Crippen LogP contribution in [-0.4, -0.2) is 11.2 Å². The van der Waals surface area contributed by atoms with Crippen LogP contribution in [0.1, 0.15) is 23.6 Å². The van der Waals surface area contributed by atoms with Crippen molar-refractivity contribution in [1.29, 1.82) is 5.26 Å². The van der Waals surface area contributed by atoms with Gasteiger partial charge in [-0.1, -0.05) is 42.8 Å². The van der Waals surface area contributed by atoms with Crippen molar-refractivity contribution in [3.63, 3.8) is 0 Å². The third-order valence-electron chi connectivity index (χ3n) is 3.68. The molecule has 0 atom stereocenters. The Morgan fingerprint density at radius 3 is 2.96 bits per heavy atom. The normalized spacial score (nSPS) is 10.8. The zero-order chi connectivity index (χ0) is 17.6. The molecule has 1 aromatic heterocycles. The fourth-order valence-electron chi connectivity index (χ4n) is 2.38. The molecule has 3 aromatic rings. The standard InChI is InChI=1S/C19H15ClN4S/c1-2-14-5-3-4-6-15(14)11-22-24-19-23-18(12-25-19)16-9-13(10-21)7-8-17(16)20/h3-9,11-12H,2H2,1H3,(H,23,24)/b22-11+. The molecule has 0 amide bonds. The van der Waals surface area contributed by atoms with Crippen molar-refractivity contribution < 1.29 is 0 Å². The number of aromatic nitrogens is 1. The van der Waals surface area contributed by atoms with Crippen molar-refractivity contribution in [2.45, 2.75) is 13.3 Å². The van der Waals surface area contributed by atoms with Crippen LogP contribution in [-0.2, 0) is 6.42 Å². The summed E-state index contributed by atoms with van der Waals surface area (Å²) in [6.07, 6.45) is 2.75. The van der Waals surface area contributed by atoms with E-state index in [-0.39, 0.29) is 0 Å². The van der Waals surface area contributed by atoms with Crippen molar-refractivity contribution in [2.75, 3.05) is 5.43 Å². The molecule has 0 aliphatic rings. The molecule has 6 heteroatoms. The minimum absolute atomic E-state index is 0.552. The zero-order valence-electron chi connectivity index (χ0n) is 13.5. The van der Waals surface area contributed by atoms with Crippen LogP contribution in [0, 0.1) is 11.3 Å². The largest absolute Gasteiger partial charge is 0.253 e. The molecule has 0 bridgehead atoms. The van der Waals surface area contributed by atoms with Crippen LogP contribution < -0.4 is 5.43 Å². The van der Waals surface area contributed by atoms with E-state index in [0.29, 0.717) is 15.7 Å². The molecule has 1 heterocycles. The first-order valence-electron chi connectivity index (χ1n) is 7.73. The number of anilines is 1. The van der Waals surface area contributed by atoms with Gasteiger partial charge in [-0.25, -0.2) is 4.98 Å². The minimum Gasteiger partial charge on any atom is -0.253 e. The van der Waals surface area contributed by atoms with E-state index in [4.69, 9.17) is 16.9 Å². The van der Waals surface area contributed by atoms with Gasteiger partial charge in [-0.3, -0.25) is 5.43 Å². The molecule has 124 valence electrons. The molecule has 2 aromatic carbocycles. The Hall–Kier alpha value is -2.68. The van der Waals surface area contributed by atoms with Gasteiger partial charge in [-0.15, -0.1) is 11.3 Å². The molecule has 0 unspecified atom stereocenters. The molecule has 0 spiro atoms. The van der Waals surface area contributed by atoms with Gasteiger partial charge < -0.3 is 0 Å². The van der Waals surface area contributed by atoms with Crippen LogP contribution in [0.2, 0.25) is 5.02 Å². The molecule has 0 radical (unpaired) electrons. The van der Waals surface area contributed by atoms with Crippen molar-refractivity contribution in [3.05, 3.63) is 69.6 Å². The lowest BCUT2D eigenvalue weighted by atomic mass is 10.1. The number of nitriles is 1. The average Bonchev–Trinajstić information content (AvgIpc) is 3.11. The average molecular weight is 367 g/mol. The number of rotatable bonds is 5. The first-order chi connectivity index (χ1) is 12.2. The van der Waals surface area contributed by atoms with Crippen LogP contribution in [0.15, 0.2) is 52.9 Å². The number of halogens is 1. The Kier molecular flexibility index (Phi) is 5.44. The van der Waals surface area contributed by atoms with Crippen molar-refractivity contribution >= 4 is 34.3 Å². The maximum atomic E-state index is 9.03. The molecule has 1 N–H and O–H groups in total. The van der Waals surface area contributed by atoms with E-state index in [2.05, 4.69) is 34.6 Å². The second kappa shape index (κ2) is 7.93. The van der Waals surface area contributed by atoms with Crippen molar-refractivity contribution in [1.82, 2.24) is 4.98 Å². The van der Waals surface area contributed by atoms with Gasteiger partial charge >= 0.3 is 0 Å². The summed E-state index contributed by atoms with van der Waals surface area (Å²) in [5.74, 6) is 0. The highest BCUT2D eigenvalue weighted by atomic mass is 35.5. The quantitative estimate of drug-likeness (QED) is 0.489. The summed E-state index contributed by atoms with van der Waals surface area (Å²) in [7, 11) is 0. The third-order valence-corrected chi connectivity index (χ3v) is 4.75. The summed E-state index contributed by atoms with van der Waals surface area (Å²) < 4.78 is 0. The highest BCUT2D eigenvalue weighted by Gasteiger charge is 2.09. The summed E-state index contributed by atoms with van der Waals surface area (Å²) in [4.78, 5) is 4.49. The topological polar surface area (TPSA) is 61.1 Å². The van der Waals surface area contributed by atoms with Gasteiger partial charge in [0.05, 0.1) is 28.6 Å². The first kappa shape index (κ1) is 17.2. The van der Waals surface area contributed by atoms with Gasteiger partial charge in [0.15, 0.2) is 0 Å². The number of hydrogen-bond acceptors (Lipinski definition) is 5. The maximum absolute atomic E-state index is 9.03. The number of nitrogens with one attached hydrogen (secondary N) is 1. The van der Waals surface area contributed by atoms with Gasteiger partial charge in [-0.05, 0) is 35.7 Å². The molecule has 0 fully saturated rings. The van der Waals surface area contributed by atoms with Crippen molar-refractivity contribution in [2.24, 2.45) is 5.10 Å². The van der Waals surface area contributed by atoms with E-state index < -0.39 is 0 Å². The number of hydrogen-bond donors (Lipinski definition) is 1. The lowest BCUT2D eigenvalue weighted by molar-refractivity contribution is 1.13. The second-order valence-corrected chi connectivity index (χ2v) is 6.53. The lowest BCUT2D eigenvalue weighted by Gasteiger charge is -2.02. The predicted octanol–water partition coefficient (Wildman–Crippen LogP) is 5.34. The van der Waals surface area contributed by atoms with Gasteiger partial charge in [0, 0.05) is 10.9 Å². The Bertz CT molecular complexity index is 956. The number of aryl methyl sites for hydroxylation is 1. The highest BCUT2D eigenvalue weighted by Crippen LogP contribution is 2.31. The second-order valence-electron chi connectivity index (χ2n) is 5.27. The molecule has 0 aliphatic carbocycles. The van der Waals surface area contributed by atoms with Crippen LogP contribution in [0.5, 0.6) is 0 Å². The number of thiazole rings is 1. The van der Waals surface area contributed by atoms with E-state index in [1.165, 1.54) is 16.9 Å². The van der Waals surface area contributed by atoms with E-state index in [9.17, 15) is 0 Å². The monoisotopic (exact) mass is 366 g/mol. The first-order valence-corrected chi connectivity index (χ1v) is 8.99. The summed E-state index contributed by atoms with van der Waals surface area (Å²) >= 11 is 7.65. The summed E-state index contributed by atoms with van der Waals surface area (Å²) in [6.45, 7) is 2.12. The van der Waals surface area contributed by atoms with Crippen LogP contribution >= 0.6 is 22.9 Å². The van der Waals surface area contributed by atoms with Gasteiger partial charge in [0.25, 0.3) is 0 Å². The van der Waals surface area contributed by atoms with E-state index in [1.54, 1.807) is 24.4 Å². The van der Waals surface area contributed by atoms with Crippen molar-refractivity contribution in [3.8, 4) is 17.3 Å². The molecule has 25 heavy (non-hydrogen) atoms. The SMILES string of the molecule is CCc1ccccc1/C=N/Nc1nc(-c2cc(C#N)ccc2Cl)cs1. The molecular formula is C19H15ClN4S. The minimum atomic E-state index is 0.552. The van der Waals surface area contributed by atoms with Crippen LogP contribution in [0.25, 0.3) is 11.3 Å². The zero-order valence-corrected chi connectivity index (χ0v) is 15.1. The predicted molar refractivity (Wildman–Crippen MR) is 104 cm³/mol. The Morgan fingerprint density at radius 2 is 2.16 bits per heavy atom. The molecule has 0 saturated carbocycles. The maximum Gasteiger partial charge on any atom is 0.203 e. The molecule has 4 nitrogen and oxygen atoms in total. The van der Waals surface area contributed by atoms with E-state index >= 15 is 0 Å². The Labute approximate surface area is 155 Å². The fourth-order valence-corrected chi connectivity index (χ4v) is 3.25. The molecule has 0 saturated heterocycles. The fraction of sp³-hybridized carbons (Fsp3) is 0.105. The lowest BCUT2D eigenvalue weighted by Crippen LogP contribution is -1.94. The molecule has 3 rings (SSSR count). The molecule has 0 aliphatic heterocycles. The van der Waals surface area contributed by atoms with Gasteiger partial charge in [0.1, 0.15) is 0 Å². The van der Waals surface area contributed by atoms with Crippen LogP contribution in [0.4, 0.5) is 5.13 Å². The van der Waals surface area contributed by atoms with Crippen LogP contribution in [0.3, 0.4) is 0 Å². The van der Waals surface area contributed by atoms with E-state index in [1.807, 2.05) is 23.6 Å². The molecular weight excluding hydrogens is 352 g/mol. The Morgan fingerprint density at radius 1 is 1.32 bits per heavy atom. The highest BCUT2D eigenvalue weighted by molar-refractivity contribution is 7.14. The summed E-state index contributed by atoms with van der Waals surface area (Å²) in [5, 5.41) is 16.4. The van der Waals surface area contributed by atoms with Gasteiger partial charge in [-0.2, -0.15) is 10.4 Å². The smallest absolute Gasteiger partial charge is 0.203 e. The Balaban J connectivity index is 1.76. The summed E-state index contributed by atoms with van der Waals surface area (Å²) in [6, 6.07) is 15.4. The number of nitrogens with zero attached hydrogens (tertiary/aromatic N) is 3. The number of hydrazone groups is 1. The third kappa shape index (κ3) is 4.05. The van der Waals surface area contributed by atoms with E-state index in [0.717, 1.165) is 23.2 Å².